The molecule has 0 radical (unpaired) electrons. The van der Waals surface area contributed by atoms with Crippen LogP contribution in [0.15, 0.2) is 28.3 Å². The number of hydrogen-bond donors (Lipinski definition) is 1. The molecule has 18 heavy (non-hydrogen) atoms. The lowest BCUT2D eigenvalue weighted by molar-refractivity contribution is -0.387. The van der Waals surface area contributed by atoms with E-state index in [1.165, 1.54) is 13.2 Å². The molecule has 2 aromatic rings. The van der Waals surface area contributed by atoms with Crippen LogP contribution in [0.3, 0.4) is 0 Å². The van der Waals surface area contributed by atoms with Crippen LogP contribution in [0, 0.1) is 17.0 Å². The van der Waals surface area contributed by atoms with Crippen molar-refractivity contribution in [3.63, 3.8) is 0 Å². The summed E-state index contributed by atoms with van der Waals surface area (Å²) in [5.41, 5.74) is -0.0261. The molecule has 0 spiro atoms. The summed E-state index contributed by atoms with van der Waals surface area (Å²) in [5.74, 6) is 1.10. The van der Waals surface area contributed by atoms with Gasteiger partial charge in [-0.05, 0) is 30.8 Å². The summed E-state index contributed by atoms with van der Waals surface area (Å²) in [6.07, 6.45) is 0. The van der Waals surface area contributed by atoms with Crippen molar-refractivity contribution in [3.05, 3.63) is 34.1 Å². The average Bonchev–Trinajstić information content (AvgIpc) is 2.75. The molecule has 0 bridgehead atoms. The summed E-state index contributed by atoms with van der Waals surface area (Å²) in [4.78, 5) is 15.1. The van der Waals surface area contributed by atoms with Crippen LogP contribution in [0.5, 0.6) is 5.75 Å². The highest BCUT2D eigenvalue weighted by Gasteiger charge is 2.17. The lowest BCUT2D eigenvalue weighted by atomic mass is 10.3. The van der Waals surface area contributed by atoms with E-state index in [-0.39, 0.29) is 5.69 Å². The minimum atomic E-state index is -0.454. The van der Waals surface area contributed by atoms with E-state index >= 15 is 0 Å². The zero-order valence-electron chi connectivity index (χ0n) is 9.71. The minimum absolute atomic E-state index is 0.0261. The van der Waals surface area contributed by atoms with E-state index in [0.717, 1.165) is 11.8 Å². The fourth-order valence-corrected chi connectivity index (χ4v) is 2.16. The summed E-state index contributed by atoms with van der Waals surface area (Å²) in [7, 11) is 1.46. The highest BCUT2D eigenvalue weighted by Crippen LogP contribution is 2.35. The Labute approximate surface area is 107 Å². The molecule has 0 fully saturated rings. The second-order valence-electron chi connectivity index (χ2n) is 3.40. The van der Waals surface area contributed by atoms with Crippen LogP contribution < -0.4 is 4.74 Å². The van der Waals surface area contributed by atoms with Gasteiger partial charge >= 0.3 is 0 Å². The van der Waals surface area contributed by atoms with E-state index in [2.05, 4.69) is 15.2 Å². The topological polar surface area (TPSA) is 93.9 Å². The lowest BCUT2D eigenvalue weighted by Crippen LogP contribution is -1.93. The molecule has 1 N–H and O–H groups in total. The molecule has 0 amide bonds. The molecule has 0 saturated carbocycles. The third kappa shape index (κ3) is 2.59. The van der Waals surface area contributed by atoms with Gasteiger partial charge in [0.05, 0.1) is 23.0 Å². The predicted molar refractivity (Wildman–Crippen MR) is 64.9 cm³/mol. The number of aromatic nitrogens is 3. The van der Waals surface area contributed by atoms with Crippen molar-refractivity contribution in [2.24, 2.45) is 0 Å². The molecule has 1 aromatic heterocycles. The van der Waals surface area contributed by atoms with Gasteiger partial charge in [0.25, 0.3) is 5.69 Å². The van der Waals surface area contributed by atoms with Crippen molar-refractivity contribution < 1.29 is 9.66 Å². The molecule has 2 rings (SSSR count). The van der Waals surface area contributed by atoms with Crippen LogP contribution in [0.2, 0.25) is 0 Å². The number of aryl methyl sites for hydroxylation is 1. The van der Waals surface area contributed by atoms with E-state index < -0.39 is 4.92 Å². The average molecular weight is 266 g/mol. The molecular weight excluding hydrogens is 256 g/mol. The molecule has 0 atom stereocenters. The van der Waals surface area contributed by atoms with Gasteiger partial charge in [0, 0.05) is 0 Å². The second-order valence-corrected chi connectivity index (χ2v) is 4.41. The maximum Gasteiger partial charge on any atom is 0.287 e. The first-order chi connectivity index (χ1) is 8.60. The molecule has 94 valence electrons. The molecule has 0 aliphatic heterocycles. The summed E-state index contributed by atoms with van der Waals surface area (Å²) >= 11 is 1.13. The monoisotopic (exact) mass is 266 g/mol. The van der Waals surface area contributed by atoms with Crippen LogP contribution >= 0.6 is 11.8 Å². The Morgan fingerprint density at radius 3 is 2.83 bits per heavy atom. The van der Waals surface area contributed by atoms with Crippen molar-refractivity contribution in [3.8, 4) is 5.75 Å². The lowest BCUT2D eigenvalue weighted by Gasteiger charge is -2.02. The molecule has 0 unspecified atom stereocenters. The molecular formula is C10H10N4O3S. The largest absolute Gasteiger partial charge is 0.497 e. The van der Waals surface area contributed by atoms with E-state index in [1.54, 1.807) is 19.1 Å². The van der Waals surface area contributed by atoms with E-state index in [1.807, 2.05) is 0 Å². The van der Waals surface area contributed by atoms with Crippen LogP contribution in [0.25, 0.3) is 0 Å². The number of benzene rings is 1. The highest BCUT2D eigenvalue weighted by molar-refractivity contribution is 7.99. The maximum atomic E-state index is 11.0. The van der Waals surface area contributed by atoms with Crippen molar-refractivity contribution in [1.82, 2.24) is 15.2 Å². The number of aromatic amines is 1. The van der Waals surface area contributed by atoms with Gasteiger partial charge in [-0.3, -0.25) is 15.2 Å². The number of H-pyrrole nitrogens is 1. The van der Waals surface area contributed by atoms with E-state index in [9.17, 15) is 10.1 Å². The van der Waals surface area contributed by atoms with Gasteiger partial charge in [-0.25, -0.2) is 4.98 Å². The fourth-order valence-electron chi connectivity index (χ4n) is 1.32. The Balaban J connectivity index is 2.34. The van der Waals surface area contributed by atoms with Crippen molar-refractivity contribution in [2.45, 2.75) is 17.0 Å². The Kier molecular flexibility index (Phi) is 3.47. The number of methoxy groups -OCH3 is 1. The zero-order chi connectivity index (χ0) is 13.1. The molecule has 0 saturated heterocycles. The Hall–Kier alpha value is -2.09. The number of nitro benzene ring substituents is 1. The number of hydrogen-bond acceptors (Lipinski definition) is 6. The van der Waals surface area contributed by atoms with Crippen molar-refractivity contribution >= 4 is 17.4 Å². The first-order valence-corrected chi connectivity index (χ1v) is 5.81. The Morgan fingerprint density at radius 2 is 2.28 bits per heavy atom. The SMILES string of the molecule is COc1ccc(Sc2n[nH]c(C)n2)c([N+](=O)[O-])c1. The third-order valence-corrected chi connectivity index (χ3v) is 3.07. The zero-order valence-corrected chi connectivity index (χ0v) is 10.5. The Bertz CT molecular complexity index is 584. The normalized spacial score (nSPS) is 10.3. The number of nitro groups is 1. The van der Waals surface area contributed by atoms with Crippen LogP contribution in [0.4, 0.5) is 5.69 Å². The Morgan fingerprint density at radius 1 is 1.50 bits per heavy atom. The van der Waals surface area contributed by atoms with Gasteiger partial charge in [0.2, 0.25) is 5.16 Å². The highest BCUT2D eigenvalue weighted by atomic mass is 32.2. The van der Waals surface area contributed by atoms with Gasteiger partial charge in [-0.2, -0.15) is 0 Å². The molecule has 7 nitrogen and oxygen atoms in total. The molecule has 1 heterocycles. The maximum absolute atomic E-state index is 11.0. The second kappa shape index (κ2) is 5.05. The molecule has 8 heteroatoms. The van der Waals surface area contributed by atoms with Gasteiger partial charge in [-0.15, -0.1) is 5.10 Å². The third-order valence-electron chi connectivity index (χ3n) is 2.14. The summed E-state index contributed by atoms with van der Waals surface area (Å²) in [6.45, 7) is 1.76. The number of ether oxygens (including phenoxy) is 1. The van der Waals surface area contributed by atoms with E-state index in [4.69, 9.17) is 4.74 Å². The van der Waals surface area contributed by atoms with Gasteiger partial charge in [0.1, 0.15) is 11.6 Å². The van der Waals surface area contributed by atoms with Crippen LogP contribution in [-0.2, 0) is 0 Å². The molecule has 1 aromatic carbocycles. The molecule has 0 aliphatic carbocycles. The van der Waals surface area contributed by atoms with Gasteiger partial charge < -0.3 is 4.74 Å². The minimum Gasteiger partial charge on any atom is -0.497 e. The number of rotatable bonds is 4. The summed E-state index contributed by atoms with van der Waals surface area (Å²) < 4.78 is 4.96. The van der Waals surface area contributed by atoms with Crippen LogP contribution in [0.1, 0.15) is 5.82 Å². The quantitative estimate of drug-likeness (QED) is 0.673. The van der Waals surface area contributed by atoms with Gasteiger partial charge in [-0.1, -0.05) is 0 Å². The van der Waals surface area contributed by atoms with Gasteiger partial charge in [0.15, 0.2) is 0 Å². The molecule has 0 aliphatic rings. The smallest absolute Gasteiger partial charge is 0.287 e. The standard InChI is InChI=1S/C10H10N4O3S/c1-6-11-10(13-12-6)18-9-4-3-7(17-2)5-8(9)14(15)16/h3-5H,1-2H3,(H,11,12,13). The van der Waals surface area contributed by atoms with Crippen LogP contribution in [-0.4, -0.2) is 27.2 Å². The predicted octanol–water partition coefficient (Wildman–Crippen LogP) is 2.18. The van der Waals surface area contributed by atoms with Crippen molar-refractivity contribution in [2.75, 3.05) is 7.11 Å². The number of nitrogens with one attached hydrogen (secondary N) is 1. The first kappa shape index (κ1) is 12.4. The first-order valence-electron chi connectivity index (χ1n) is 4.99. The summed E-state index contributed by atoms with van der Waals surface area (Å²) in [6, 6.07) is 4.66. The van der Waals surface area contributed by atoms with E-state index in [0.29, 0.717) is 21.6 Å². The van der Waals surface area contributed by atoms with Crippen molar-refractivity contribution in [1.29, 1.82) is 0 Å². The summed E-state index contributed by atoms with van der Waals surface area (Å²) in [5, 5.41) is 18.0. The fraction of sp³-hybridized carbons (Fsp3) is 0.200. The number of nitrogens with zero attached hydrogens (tertiary/aromatic N) is 3.